The van der Waals surface area contributed by atoms with Crippen LogP contribution in [0.5, 0.6) is 0 Å². The molecule has 2 heterocycles. The number of nitrogens with zero attached hydrogens (tertiary/aromatic N) is 3. The lowest BCUT2D eigenvalue weighted by Gasteiger charge is -2.49. The number of likely N-dealkylation sites (tertiary alicyclic amines) is 2. The van der Waals surface area contributed by atoms with Crippen LogP contribution in [0.1, 0.15) is 51.4 Å². The summed E-state index contributed by atoms with van der Waals surface area (Å²) in [7, 11) is 2.23. The maximum Gasteiger partial charge on any atom is 0.188 e. The normalized spacial score (nSPS) is 26.5. The first-order chi connectivity index (χ1) is 11.2. The van der Waals surface area contributed by atoms with Gasteiger partial charge in [-0.25, -0.2) is 0 Å². The van der Waals surface area contributed by atoms with Gasteiger partial charge >= 0.3 is 0 Å². The smallest absolute Gasteiger partial charge is 0.188 e. The van der Waals surface area contributed by atoms with Crippen molar-refractivity contribution in [1.29, 1.82) is 0 Å². The van der Waals surface area contributed by atoms with Gasteiger partial charge < -0.3 is 16.0 Å². The van der Waals surface area contributed by atoms with Gasteiger partial charge in [0.05, 0.1) is 6.54 Å². The molecule has 5 nitrogen and oxygen atoms in total. The molecule has 0 spiro atoms. The number of rotatable bonds is 5. The van der Waals surface area contributed by atoms with Crippen LogP contribution in [0, 0.1) is 5.92 Å². The van der Waals surface area contributed by atoms with Gasteiger partial charge in [-0.3, -0.25) is 9.89 Å². The molecule has 24 heavy (non-hydrogen) atoms. The van der Waals surface area contributed by atoms with Crippen LogP contribution in [0.4, 0.5) is 0 Å². The van der Waals surface area contributed by atoms with Crippen LogP contribution in [0.3, 0.4) is 0 Å². The fourth-order valence-electron chi connectivity index (χ4n) is 4.21. The lowest BCUT2D eigenvalue weighted by atomic mass is 9.84. The molecule has 1 aliphatic carbocycles. The number of nitrogens with one attached hydrogen (secondary N) is 1. The number of piperidine rings is 2. The minimum absolute atomic E-state index is 0. The van der Waals surface area contributed by atoms with Crippen molar-refractivity contribution in [2.75, 3.05) is 46.3 Å². The zero-order valence-corrected chi connectivity index (χ0v) is 17.6. The van der Waals surface area contributed by atoms with Crippen molar-refractivity contribution in [2.24, 2.45) is 16.6 Å². The molecule has 0 aromatic carbocycles. The molecule has 1 saturated carbocycles. The van der Waals surface area contributed by atoms with Crippen molar-refractivity contribution < 1.29 is 0 Å². The summed E-state index contributed by atoms with van der Waals surface area (Å²) in [4.78, 5) is 9.95. The Labute approximate surface area is 164 Å². The number of aliphatic imine (C=N–C) groups is 1. The van der Waals surface area contributed by atoms with Gasteiger partial charge in [0.2, 0.25) is 0 Å². The van der Waals surface area contributed by atoms with Crippen molar-refractivity contribution in [3.63, 3.8) is 0 Å². The Hall–Kier alpha value is -0.0800. The Morgan fingerprint density at radius 3 is 2.33 bits per heavy atom. The van der Waals surface area contributed by atoms with E-state index in [2.05, 4.69) is 22.2 Å². The van der Waals surface area contributed by atoms with Gasteiger partial charge in [-0.2, -0.15) is 0 Å². The van der Waals surface area contributed by atoms with Crippen molar-refractivity contribution in [3.05, 3.63) is 0 Å². The van der Waals surface area contributed by atoms with Gasteiger partial charge in [-0.05, 0) is 77.7 Å². The first-order valence-electron chi connectivity index (χ1n) is 9.65. The molecule has 6 heteroatoms. The van der Waals surface area contributed by atoms with E-state index in [1.165, 1.54) is 77.5 Å². The molecule has 0 bridgehead atoms. The molecule has 140 valence electrons. The summed E-state index contributed by atoms with van der Waals surface area (Å²) in [6.07, 6.45) is 10.6. The predicted octanol–water partition coefficient (Wildman–Crippen LogP) is 2.26. The number of hydrogen-bond acceptors (Lipinski definition) is 3. The Morgan fingerprint density at radius 2 is 1.75 bits per heavy atom. The van der Waals surface area contributed by atoms with Crippen molar-refractivity contribution in [2.45, 2.75) is 56.9 Å². The van der Waals surface area contributed by atoms with Crippen LogP contribution in [-0.2, 0) is 0 Å². The van der Waals surface area contributed by atoms with Crippen LogP contribution >= 0.6 is 24.0 Å². The maximum atomic E-state index is 6.14. The van der Waals surface area contributed by atoms with Crippen LogP contribution < -0.4 is 11.1 Å². The molecule has 0 atom stereocenters. The number of hydrogen-bond donors (Lipinski definition) is 2. The fourth-order valence-corrected chi connectivity index (χ4v) is 4.21. The molecule has 3 fully saturated rings. The Kier molecular flexibility index (Phi) is 8.07. The van der Waals surface area contributed by atoms with Gasteiger partial charge in [-0.1, -0.05) is 12.8 Å². The van der Waals surface area contributed by atoms with E-state index in [1.807, 2.05) is 0 Å². The predicted molar refractivity (Wildman–Crippen MR) is 112 cm³/mol. The summed E-state index contributed by atoms with van der Waals surface area (Å²) in [5.74, 6) is 1.48. The molecule has 0 aromatic heterocycles. The third kappa shape index (κ3) is 5.21. The third-order valence-corrected chi connectivity index (χ3v) is 6.28. The average molecular weight is 449 g/mol. The number of nitrogens with two attached hydrogens (primary N) is 1. The Morgan fingerprint density at radius 1 is 1.08 bits per heavy atom. The second kappa shape index (κ2) is 9.57. The quantitative estimate of drug-likeness (QED) is 0.384. The zero-order chi connectivity index (χ0) is 16.1. The minimum Gasteiger partial charge on any atom is -0.370 e. The highest BCUT2D eigenvalue weighted by Gasteiger charge is 2.39. The molecule has 0 amide bonds. The molecule has 3 aliphatic rings. The summed E-state index contributed by atoms with van der Waals surface area (Å²) in [6.45, 7) is 6.73. The lowest BCUT2D eigenvalue weighted by Crippen LogP contribution is -2.58. The van der Waals surface area contributed by atoms with E-state index in [1.54, 1.807) is 0 Å². The monoisotopic (exact) mass is 449 g/mol. The van der Waals surface area contributed by atoms with Crippen LogP contribution in [0.15, 0.2) is 4.99 Å². The maximum absolute atomic E-state index is 6.14. The molecular formula is C18H36IN5. The summed E-state index contributed by atoms with van der Waals surface area (Å²) < 4.78 is 0. The standard InChI is InChI=1S/C18H35N5.HI/c1-22-12-8-18(9-13-22,23-10-3-2-4-11-23)15-21-17(19)20-14-16-6-5-7-16;/h16H,2-15H2,1H3,(H3,19,20,21);1H. The largest absolute Gasteiger partial charge is 0.370 e. The summed E-state index contributed by atoms with van der Waals surface area (Å²) >= 11 is 0. The highest BCUT2D eigenvalue weighted by atomic mass is 127. The van der Waals surface area contributed by atoms with Crippen molar-refractivity contribution in [1.82, 2.24) is 15.1 Å². The Bertz CT molecular complexity index is 396. The topological polar surface area (TPSA) is 56.9 Å². The summed E-state index contributed by atoms with van der Waals surface area (Å²) in [5, 5.41) is 3.35. The molecule has 3 rings (SSSR count). The second-order valence-corrected chi connectivity index (χ2v) is 7.95. The molecule has 0 radical (unpaired) electrons. The number of guanidine groups is 1. The van der Waals surface area contributed by atoms with E-state index in [0.29, 0.717) is 5.96 Å². The van der Waals surface area contributed by atoms with E-state index in [-0.39, 0.29) is 29.5 Å². The van der Waals surface area contributed by atoms with E-state index >= 15 is 0 Å². The third-order valence-electron chi connectivity index (χ3n) is 6.28. The van der Waals surface area contributed by atoms with E-state index in [9.17, 15) is 0 Å². The van der Waals surface area contributed by atoms with Crippen LogP contribution in [-0.4, -0.2) is 67.6 Å². The fraction of sp³-hybridized carbons (Fsp3) is 0.944. The second-order valence-electron chi connectivity index (χ2n) is 7.95. The van der Waals surface area contributed by atoms with E-state index in [4.69, 9.17) is 10.7 Å². The zero-order valence-electron chi connectivity index (χ0n) is 15.3. The minimum atomic E-state index is 0. The molecular weight excluding hydrogens is 413 g/mol. The van der Waals surface area contributed by atoms with Crippen LogP contribution in [0.2, 0.25) is 0 Å². The highest BCUT2D eigenvalue weighted by molar-refractivity contribution is 14.0. The number of halogens is 1. The van der Waals surface area contributed by atoms with E-state index in [0.717, 1.165) is 19.0 Å². The van der Waals surface area contributed by atoms with Crippen molar-refractivity contribution >= 4 is 29.9 Å². The van der Waals surface area contributed by atoms with Crippen LogP contribution in [0.25, 0.3) is 0 Å². The van der Waals surface area contributed by atoms with Gasteiger partial charge in [0.1, 0.15) is 0 Å². The SMILES string of the molecule is CN1CCC(CN=C(N)NCC2CCC2)(N2CCCCC2)CC1.I. The summed E-state index contributed by atoms with van der Waals surface area (Å²) in [5.41, 5.74) is 6.39. The molecule has 2 aliphatic heterocycles. The first-order valence-corrected chi connectivity index (χ1v) is 9.65. The molecule has 0 aromatic rings. The first kappa shape index (κ1) is 20.2. The average Bonchev–Trinajstić information content (AvgIpc) is 2.54. The van der Waals surface area contributed by atoms with Gasteiger partial charge in [0, 0.05) is 12.1 Å². The van der Waals surface area contributed by atoms with Crippen molar-refractivity contribution in [3.8, 4) is 0 Å². The van der Waals surface area contributed by atoms with E-state index < -0.39 is 0 Å². The van der Waals surface area contributed by atoms with Gasteiger partial charge in [0.15, 0.2) is 5.96 Å². The molecule has 2 saturated heterocycles. The molecule has 0 unspecified atom stereocenters. The Balaban J connectivity index is 0.00000208. The van der Waals surface area contributed by atoms with Gasteiger partial charge in [-0.15, -0.1) is 24.0 Å². The molecule has 3 N–H and O–H groups in total. The highest BCUT2D eigenvalue weighted by Crippen LogP contribution is 2.31. The lowest BCUT2D eigenvalue weighted by molar-refractivity contribution is 0.0208. The van der Waals surface area contributed by atoms with Gasteiger partial charge in [0.25, 0.3) is 0 Å². The summed E-state index contributed by atoms with van der Waals surface area (Å²) in [6, 6.07) is 0.